The summed E-state index contributed by atoms with van der Waals surface area (Å²) >= 11 is 1.84. The third kappa shape index (κ3) is 13.2. The minimum Gasteiger partial charge on any atom is -0.396 e. The Kier molecular flexibility index (Phi) is 16.1. The molecule has 0 spiro atoms. The average Bonchev–Trinajstić information content (AvgIpc) is 2.99. The van der Waals surface area contributed by atoms with Crippen LogP contribution in [0.5, 0.6) is 0 Å². The highest BCUT2D eigenvalue weighted by molar-refractivity contribution is 7.94. The molecule has 1 aliphatic carbocycles. The number of hydrogen-bond acceptors (Lipinski definition) is 5. The number of hydrogen-bond donors (Lipinski definition) is 0. The van der Waals surface area contributed by atoms with Crippen LogP contribution in [0.2, 0.25) is 0 Å². The highest BCUT2D eigenvalue weighted by atomic mass is 32.2. The molecule has 0 atom stereocenters. The normalized spacial score (nSPS) is 15.6. The molecule has 0 aromatic rings. The van der Waals surface area contributed by atoms with Gasteiger partial charge in [-0.3, -0.25) is 0 Å². The van der Waals surface area contributed by atoms with Crippen molar-refractivity contribution in [2.45, 2.75) is 86.0 Å². The van der Waals surface area contributed by atoms with Crippen molar-refractivity contribution in [3.63, 3.8) is 0 Å². The van der Waals surface area contributed by atoms with Crippen LogP contribution >= 0.6 is 12.1 Å². The van der Waals surface area contributed by atoms with Gasteiger partial charge in [0.25, 0.3) is 0 Å². The van der Waals surface area contributed by atoms with Crippen molar-refractivity contribution in [1.29, 1.82) is 0 Å². The Morgan fingerprint density at radius 1 is 1.16 bits per heavy atom. The molecule has 0 aromatic carbocycles. The van der Waals surface area contributed by atoms with Crippen LogP contribution < -0.4 is 0 Å². The Labute approximate surface area is 202 Å². The standard InChI is InChI=1S/C27H47N3OS/c1-7-15-27(22-24(4)5)30(8-2)32-29(6)21-13-11-10-12-16-25-17-14-18-26(20-19-25)23-28-31-9-3/h7,15,19-20,22-24H,8-14,16-18,21H2,1-6H3/b15-7-,27-22+,28-23+. The molecule has 182 valence electrons. The molecule has 0 saturated heterocycles. The van der Waals surface area contributed by atoms with Crippen molar-refractivity contribution in [3.05, 3.63) is 47.2 Å². The molecule has 32 heavy (non-hydrogen) atoms. The first-order valence-corrected chi connectivity index (χ1v) is 13.3. The van der Waals surface area contributed by atoms with E-state index < -0.39 is 0 Å². The molecule has 1 rings (SSSR count). The maximum Gasteiger partial charge on any atom is 0.114 e. The third-order valence-corrected chi connectivity index (χ3v) is 6.42. The van der Waals surface area contributed by atoms with Gasteiger partial charge in [0, 0.05) is 30.9 Å². The predicted octanol–water partition coefficient (Wildman–Crippen LogP) is 7.93. The SMILES string of the molecule is C/C=C\C(=C/C(C)C)N(CC)SN(C)CCCCCCC1=CC=C(/C=N/OCC)CCC1. The molecule has 0 radical (unpaired) electrons. The van der Waals surface area contributed by atoms with E-state index in [9.17, 15) is 0 Å². The maximum atomic E-state index is 5.08. The van der Waals surface area contributed by atoms with Gasteiger partial charge >= 0.3 is 0 Å². The van der Waals surface area contributed by atoms with Gasteiger partial charge in [-0.15, -0.1) is 0 Å². The number of nitrogens with zero attached hydrogens (tertiary/aromatic N) is 3. The summed E-state index contributed by atoms with van der Waals surface area (Å²) in [6.07, 6.45) is 23.0. The van der Waals surface area contributed by atoms with Gasteiger partial charge in [0.2, 0.25) is 0 Å². The zero-order valence-electron chi connectivity index (χ0n) is 21.5. The van der Waals surface area contributed by atoms with Crippen molar-refractivity contribution in [1.82, 2.24) is 8.61 Å². The lowest BCUT2D eigenvalue weighted by Gasteiger charge is -2.28. The molecule has 0 aliphatic heterocycles. The second-order valence-corrected chi connectivity index (χ2v) is 9.93. The van der Waals surface area contributed by atoms with E-state index in [2.05, 4.69) is 78.9 Å². The predicted molar refractivity (Wildman–Crippen MR) is 144 cm³/mol. The summed E-state index contributed by atoms with van der Waals surface area (Å²) in [5, 5.41) is 4.01. The van der Waals surface area contributed by atoms with Gasteiger partial charge < -0.3 is 9.14 Å². The molecular formula is C27H47N3OS. The molecule has 0 saturated carbocycles. The second kappa shape index (κ2) is 18.0. The molecule has 0 bridgehead atoms. The maximum absolute atomic E-state index is 5.08. The Balaban J connectivity index is 2.30. The molecule has 0 heterocycles. The Bertz CT molecular complexity index is 649. The van der Waals surface area contributed by atoms with Crippen LogP contribution in [0.3, 0.4) is 0 Å². The van der Waals surface area contributed by atoms with E-state index in [0.717, 1.165) is 19.5 Å². The van der Waals surface area contributed by atoms with E-state index in [-0.39, 0.29) is 0 Å². The monoisotopic (exact) mass is 461 g/mol. The van der Waals surface area contributed by atoms with Crippen molar-refractivity contribution in [2.24, 2.45) is 11.1 Å². The molecule has 0 fully saturated rings. The lowest BCUT2D eigenvalue weighted by Crippen LogP contribution is -2.22. The van der Waals surface area contributed by atoms with Crippen LogP contribution in [0.25, 0.3) is 0 Å². The van der Waals surface area contributed by atoms with E-state index in [1.807, 2.05) is 25.3 Å². The highest BCUT2D eigenvalue weighted by Crippen LogP contribution is 2.24. The van der Waals surface area contributed by atoms with Crippen molar-refractivity contribution < 1.29 is 4.84 Å². The van der Waals surface area contributed by atoms with Gasteiger partial charge in [-0.1, -0.05) is 61.7 Å². The molecular weight excluding hydrogens is 414 g/mol. The quantitative estimate of drug-likeness (QED) is 0.0767. The number of allylic oxidation sites excluding steroid dienone is 7. The lowest BCUT2D eigenvalue weighted by molar-refractivity contribution is 0.160. The molecule has 1 aliphatic rings. The van der Waals surface area contributed by atoms with Gasteiger partial charge in [0.15, 0.2) is 0 Å². The minimum atomic E-state index is 0.551. The first-order chi connectivity index (χ1) is 15.5. The molecule has 0 aromatic heterocycles. The molecule has 0 N–H and O–H groups in total. The number of oxime groups is 1. The smallest absolute Gasteiger partial charge is 0.114 e. The zero-order chi connectivity index (χ0) is 23.6. The Hall–Kier alpha value is -1.46. The van der Waals surface area contributed by atoms with Gasteiger partial charge in [-0.05, 0) is 83.9 Å². The summed E-state index contributed by atoms with van der Waals surface area (Å²) < 4.78 is 4.77. The van der Waals surface area contributed by atoms with Gasteiger partial charge in [0.1, 0.15) is 6.61 Å². The molecule has 0 unspecified atom stereocenters. The topological polar surface area (TPSA) is 28.1 Å². The molecule has 4 nitrogen and oxygen atoms in total. The number of rotatable bonds is 16. The third-order valence-electron chi connectivity index (χ3n) is 5.29. The summed E-state index contributed by atoms with van der Waals surface area (Å²) in [6, 6.07) is 0. The Morgan fingerprint density at radius 3 is 2.62 bits per heavy atom. The van der Waals surface area contributed by atoms with E-state index in [4.69, 9.17) is 4.84 Å². The van der Waals surface area contributed by atoms with Crippen molar-refractivity contribution >= 4 is 18.3 Å². The summed E-state index contributed by atoms with van der Waals surface area (Å²) in [4.78, 5) is 5.08. The van der Waals surface area contributed by atoms with Crippen molar-refractivity contribution in [2.75, 3.05) is 26.7 Å². The summed E-state index contributed by atoms with van der Waals surface area (Å²) in [5.74, 6) is 0.551. The number of likely N-dealkylation sites (N-methyl/N-ethyl adjacent to an activating group) is 1. The van der Waals surface area contributed by atoms with Crippen LogP contribution in [0.1, 0.15) is 86.0 Å². The van der Waals surface area contributed by atoms with E-state index in [1.165, 1.54) is 56.2 Å². The fourth-order valence-corrected chi connectivity index (χ4v) is 4.56. The Morgan fingerprint density at radius 2 is 1.94 bits per heavy atom. The number of unbranched alkanes of at least 4 members (excludes halogenated alkanes) is 3. The van der Waals surface area contributed by atoms with E-state index in [1.54, 1.807) is 5.57 Å². The van der Waals surface area contributed by atoms with Crippen LogP contribution in [0, 0.1) is 5.92 Å². The summed E-state index contributed by atoms with van der Waals surface area (Å²) in [7, 11) is 2.21. The van der Waals surface area contributed by atoms with E-state index in [0.29, 0.717) is 12.5 Å². The second-order valence-electron chi connectivity index (χ2n) is 8.70. The largest absolute Gasteiger partial charge is 0.396 e. The lowest BCUT2D eigenvalue weighted by atomic mass is 10.0. The first kappa shape index (κ1) is 28.6. The van der Waals surface area contributed by atoms with Gasteiger partial charge in [-0.25, -0.2) is 4.31 Å². The average molecular weight is 462 g/mol. The fourth-order valence-electron chi connectivity index (χ4n) is 3.68. The first-order valence-electron chi connectivity index (χ1n) is 12.5. The van der Waals surface area contributed by atoms with Crippen LogP contribution in [0.15, 0.2) is 52.4 Å². The summed E-state index contributed by atoms with van der Waals surface area (Å²) in [6.45, 7) is 13.5. The van der Waals surface area contributed by atoms with Gasteiger partial charge in [-0.2, -0.15) is 0 Å². The van der Waals surface area contributed by atoms with Crippen LogP contribution in [-0.4, -0.2) is 41.6 Å². The zero-order valence-corrected chi connectivity index (χ0v) is 22.3. The summed E-state index contributed by atoms with van der Waals surface area (Å²) in [5.41, 5.74) is 4.17. The van der Waals surface area contributed by atoms with Gasteiger partial charge in [0.05, 0.1) is 6.21 Å². The van der Waals surface area contributed by atoms with Crippen LogP contribution in [-0.2, 0) is 4.84 Å². The van der Waals surface area contributed by atoms with Crippen LogP contribution in [0.4, 0.5) is 0 Å². The fraction of sp³-hybridized carbons (Fsp3) is 0.667. The van der Waals surface area contributed by atoms with E-state index >= 15 is 0 Å². The molecule has 0 amide bonds. The van der Waals surface area contributed by atoms with Crippen molar-refractivity contribution in [3.8, 4) is 0 Å². The molecule has 5 heteroatoms. The highest BCUT2D eigenvalue weighted by Gasteiger charge is 2.10. The minimum absolute atomic E-state index is 0.551.